The molecule has 0 amide bonds. The summed E-state index contributed by atoms with van der Waals surface area (Å²) in [5, 5.41) is 4.75. The number of nitrogens with zero attached hydrogens (tertiary/aromatic N) is 3. The van der Waals surface area contributed by atoms with E-state index in [1.807, 2.05) is 12.3 Å². The van der Waals surface area contributed by atoms with Gasteiger partial charge in [-0.2, -0.15) is 0 Å². The van der Waals surface area contributed by atoms with Gasteiger partial charge in [0.1, 0.15) is 17.8 Å². The molecule has 6 heteroatoms. The van der Waals surface area contributed by atoms with Crippen LogP contribution in [0.1, 0.15) is 33.6 Å². The van der Waals surface area contributed by atoms with E-state index in [9.17, 15) is 0 Å². The molecule has 0 spiro atoms. The van der Waals surface area contributed by atoms with Gasteiger partial charge >= 0.3 is 0 Å². The highest BCUT2D eigenvalue weighted by molar-refractivity contribution is 5.86. The molecule has 2 aromatic heterocycles. The van der Waals surface area contributed by atoms with E-state index in [4.69, 9.17) is 4.74 Å². The number of anilines is 1. The predicted octanol–water partition coefficient (Wildman–Crippen LogP) is 2.90. The first-order valence-electron chi connectivity index (χ1n) is 9.39. The molecule has 2 aliphatic rings. The Morgan fingerprint density at radius 3 is 2.72 bits per heavy atom. The standard InChI is InChI=1S/C19H29N5O/c1-19(2,3)25-7-6-24-10-13-8-15(9-14(13)11-24)23-18-16-4-5-20-17(16)21-12-22-18/h4-5,12-15H,6-11H2,1-3H3,(H2,20,21,22,23)/t13-,14+,15+. The van der Waals surface area contributed by atoms with Crippen molar-refractivity contribution >= 4 is 16.9 Å². The highest BCUT2D eigenvalue weighted by Gasteiger charge is 2.40. The number of likely N-dealkylation sites (tertiary alicyclic amines) is 1. The summed E-state index contributed by atoms with van der Waals surface area (Å²) in [5.41, 5.74) is 0.867. The molecule has 2 N–H and O–H groups in total. The van der Waals surface area contributed by atoms with Crippen LogP contribution < -0.4 is 5.32 Å². The lowest BCUT2D eigenvalue weighted by Gasteiger charge is -2.23. The van der Waals surface area contributed by atoms with Gasteiger partial charge in [-0.1, -0.05) is 0 Å². The third-order valence-corrected chi connectivity index (χ3v) is 5.46. The summed E-state index contributed by atoms with van der Waals surface area (Å²) in [6, 6.07) is 2.57. The second-order valence-electron chi connectivity index (χ2n) is 8.52. The van der Waals surface area contributed by atoms with Crippen molar-refractivity contribution in [2.75, 3.05) is 31.6 Å². The Hall–Kier alpha value is -1.66. The summed E-state index contributed by atoms with van der Waals surface area (Å²) in [7, 11) is 0. The smallest absolute Gasteiger partial charge is 0.142 e. The molecule has 0 bridgehead atoms. The van der Waals surface area contributed by atoms with E-state index >= 15 is 0 Å². The number of hydrogen-bond donors (Lipinski definition) is 2. The van der Waals surface area contributed by atoms with Crippen molar-refractivity contribution in [3.05, 3.63) is 18.6 Å². The minimum Gasteiger partial charge on any atom is -0.375 e. The fraction of sp³-hybridized carbons (Fsp3) is 0.684. The zero-order valence-corrected chi connectivity index (χ0v) is 15.5. The Balaban J connectivity index is 1.29. The zero-order valence-electron chi connectivity index (χ0n) is 15.5. The summed E-state index contributed by atoms with van der Waals surface area (Å²) in [5.74, 6) is 2.57. The largest absolute Gasteiger partial charge is 0.375 e. The van der Waals surface area contributed by atoms with E-state index in [0.29, 0.717) is 6.04 Å². The van der Waals surface area contributed by atoms with E-state index in [1.54, 1.807) is 6.33 Å². The van der Waals surface area contributed by atoms with Gasteiger partial charge in [0.25, 0.3) is 0 Å². The third-order valence-electron chi connectivity index (χ3n) is 5.46. The van der Waals surface area contributed by atoms with Crippen molar-refractivity contribution in [2.45, 2.75) is 45.3 Å². The maximum Gasteiger partial charge on any atom is 0.142 e. The second kappa shape index (κ2) is 6.57. The number of ether oxygens (including phenoxy) is 1. The van der Waals surface area contributed by atoms with Crippen molar-refractivity contribution in [3.63, 3.8) is 0 Å². The molecule has 25 heavy (non-hydrogen) atoms. The van der Waals surface area contributed by atoms with Gasteiger partial charge in [0.15, 0.2) is 0 Å². The summed E-state index contributed by atoms with van der Waals surface area (Å²) >= 11 is 0. The van der Waals surface area contributed by atoms with Crippen LogP contribution in [-0.2, 0) is 4.74 Å². The van der Waals surface area contributed by atoms with E-state index in [-0.39, 0.29) is 5.60 Å². The van der Waals surface area contributed by atoms with Crippen LogP contribution >= 0.6 is 0 Å². The number of aromatic amines is 1. The summed E-state index contributed by atoms with van der Waals surface area (Å²) in [6.45, 7) is 10.7. The molecule has 0 aromatic carbocycles. The quantitative estimate of drug-likeness (QED) is 0.874. The SMILES string of the molecule is CC(C)(C)OCCN1C[C@H]2C[C@H](Nc3ncnc4[nH]ccc34)C[C@H]2C1. The van der Waals surface area contributed by atoms with Gasteiger partial charge in [0, 0.05) is 31.9 Å². The summed E-state index contributed by atoms with van der Waals surface area (Å²) in [4.78, 5) is 14.4. The second-order valence-corrected chi connectivity index (χ2v) is 8.52. The average Bonchev–Trinajstić information content (AvgIpc) is 3.20. The number of nitrogens with one attached hydrogen (secondary N) is 2. The first kappa shape index (κ1) is 16.8. The van der Waals surface area contributed by atoms with Crippen molar-refractivity contribution in [3.8, 4) is 0 Å². The van der Waals surface area contributed by atoms with Crippen molar-refractivity contribution in [2.24, 2.45) is 11.8 Å². The molecule has 0 unspecified atom stereocenters. The zero-order chi connectivity index (χ0) is 17.4. The third kappa shape index (κ3) is 3.80. The molecule has 3 heterocycles. The minimum absolute atomic E-state index is 0.0360. The highest BCUT2D eigenvalue weighted by Crippen LogP contribution is 2.39. The lowest BCUT2D eigenvalue weighted by atomic mass is 10.0. The molecule has 1 saturated heterocycles. The fourth-order valence-corrected chi connectivity index (χ4v) is 4.36. The number of hydrogen-bond acceptors (Lipinski definition) is 5. The predicted molar refractivity (Wildman–Crippen MR) is 99.7 cm³/mol. The fourth-order valence-electron chi connectivity index (χ4n) is 4.36. The average molecular weight is 343 g/mol. The molecule has 1 saturated carbocycles. The normalized spacial score (nSPS) is 27.1. The molecule has 2 aromatic rings. The molecule has 136 valence electrons. The van der Waals surface area contributed by atoms with Crippen LogP contribution in [0.15, 0.2) is 18.6 Å². The Morgan fingerprint density at radius 1 is 1.24 bits per heavy atom. The van der Waals surface area contributed by atoms with Gasteiger partial charge in [-0.15, -0.1) is 0 Å². The van der Waals surface area contributed by atoms with E-state index in [0.717, 1.165) is 41.8 Å². The molecule has 3 atom stereocenters. The Morgan fingerprint density at radius 2 is 2.00 bits per heavy atom. The topological polar surface area (TPSA) is 66.1 Å². The van der Waals surface area contributed by atoms with Crippen LogP contribution in [0.3, 0.4) is 0 Å². The maximum atomic E-state index is 5.88. The van der Waals surface area contributed by atoms with Gasteiger partial charge in [-0.3, -0.25) is 0 Å². The first-order chi connectivity index (χ1) is 12.0. The first-order valence-corrected chi connectivity index (χ1v) is 9.39. The van der Waals surface area contributed by atoms with Crippen molar-refractivity contribution in [1.29, 1.82) is 0 Å². The van der Waals surface area contributed by atoms with Crippen molar-refractivity contribution in [1.82, 2.24) is 19.9 Å². The lowest BCUT2D eigenvalue weighted by molar-refractivity contribution is -0.0116. The summed E-state index contributed by atoms with van der Waals surface area (Å²) < 4.78 is 5.88. The van der Waals surface area contributed by atoms with E-state index in [1.165, 1.54) is 25.9 Å². The van der Waals surface area contributed by atoms with Gasteiger partial charge in [-0.05, 0) is 51.5 Å². The molecular weight excluding hydrogens is 314 g/mol. The Bertz CT molecular complexity index is 708. The van der Waals surface area contributed by atoms with Crippen LogP contribution in [0.2, 0.25) is 0 Å². The van der Waals surface area contributed by atoms with E-state index < -0.39 is 0 Å². The van der Waals surface area contributed by atoms with Crippen LogP contribution in [0.5, 0.6) is 0 Å². The van der Waals surface area contributed by atoms with Crippen LogP contribution in [-0.4, -0.2) is 57.7 Å². The number of aromatic nitrogens is 3. The molecule has 1 aliphatic carbocycles. The minimum atomic E-state index is -0.0360. The van der Waals surface area contributed by atoms with Crippen LogP contribution in [0.4, 0.5) is 5.82 Å². The molecule has 0 radical (unpaired) electrons. The molecule has 2 fully saturated rings. The van der Waals surface area contributed by atoms with Gasteiger partial charge < -0.3 is 19.9 Å². The number of rotatable bonds is 5. The van der Waals surface area contributed by atoms with Crippen LogP contribution in [0.25, 0.3) is 11.0 Å². The molecule has 4 rings (SSSR count). The molecule has 6 nitrogen and oxygen atoms in total. The monoisotopic (exact) mass is 343 g/mol. The Labute approximate surface area is 149 Å². The molecular formula is C19H29N5O. The van der Waals surface area contributed by atoms with Crippen LogP contribution in [0, 0.1) is 11.8 Å². The number of fused-ring (bicyclic) bond motifs is 2. The van der Waals surface area contributed by atoms with E-state index in [2.05, 4.69) is 45.9 Å². The van der Waals surface area contributed by atoms with Gasteiger partial charge in [0.2, 0.25) is 0 Å². The number of H-pyrrole nitrogens is 1. The van der Waals surface area contributed by atoms with Gasteiger partial charge in [-0.25, -0.2) is 9.97 Å². The molecule has 1 aliphatic heterocycles. The van der Waals surface area contributed by atoms with Crippen molar-refractivity contribution < 1.29 is 4.74 Å². The Kier molecular flexibility index (Phi) is 4.41. The highest BCUT2D eigenvalue weighted by atomic mass is 16.5. The lowest BCUT2D eigenvalue weighted by Crippen LogP contribution is -2.31. The van der Waals surface area contributed by atoms with Gasteiger partial charge in [0.05, 0.1) is 17.6 Å². The summed E-state index contributed by atoms with van der Waals surface area (Å²) in [6.07, 6.45) is 6.02. The maximum absolute atomic E-state index is 5.88.